The molecule has 0 fully saturated rings. The number of H-pyrrole nitrogens is 1. The van der Waals surface area contributed by atoms with E-state index in [1.54, 1.807) is 24.5 Å². The van der Waals surface area contributed by atoms with Crippen LogP contribution in [0.15, 0.2) is 24.5 Å². The van der Waals surface area contributed by atoms with E-state index in [9.17, 15) is 9.59 Å². The Labute approximate surface area is 87.5 Å². The molecular weight excluding hydrogens is 196 g/mol. The third-order valence-electron chi connectivity index (χ3n) is 1.66. The Morgan fingerprint density at radius 2 is 2.33 bits per heavy atom. The lowest BCUT2D eigenvalue weighted by molar-refractivity contribution is -0.378. The normalized spacial score (nSPS) is 9.40. The van der Waals surface area contributed by atoms with Crippen molar-refractivity contribution >= 4 is 11.9 Å². The van der Waals surface area contributed by atoms with Crippen molar-refractivity contribution in [2.45, 2.75) is 6.92 Å². The van der Waals surface area contributed by atoms with Gasteiger partial charge < -0.3 is 10.1 Å². The predicted octanol–water partition coefficient (Wildman–Crippen LogP) is -0.206. The minimum atomic E-state index is -0.350. The van der Waals surface area contributed by atoms with Gasteiger partial charge in [-0.05, 0) is 6.07 Å². The number of rotatable bonds is 4. The van der Waals surface area contributed by atoms with Gasteiger partial charge in [0.1, 0.15) is 12.2 Å². The van der Waals surface area contributed by atoms with E-state index in [1.807, 2.05) is 0 Å². The number of nitrogens with one attached hydrogen (secondary N) is 2. The smallest absolute Gasteiger partial charge is 0.302 e. The molecule has 0 saturated carbocycles. The first-order valence-electron chi connectivity index (χ1n) is 4.58. The summed E-state index contributed by atoms with van der Waals surface area (Å²) < 4.78 is 4.67. The van der Waals surface area contributed by atoms with Crippen LogP contribution < -0.4 is 10.3 Å². The fourth-order valence-electron chi connectivity index (χ4n) is 0.996. The first-order valence-corrected chi connectivity index (χ1v) is 4.58. The molecule has 5 nitrogen and oxygen atoms in total. The lowest BCUT2D eigenvalue weighted by atomic mass is 10.3. The Kier molecular flexibility index (Phi) is 4.28. The molecule has 1 heterocycles. The van der Waals surface area contributed by atoms with E-state index in [-0.39, 0.29) is 18.5 Å². The summed E-state index contributed by atoms with van der Waals surface area (Å²) in [5.41, 5.74) is 0.542. The Bertz CT molecular complexity index is 338. The maximum Gasteiger partial charge on any atom is 0.302 e. The number of carbonyl (C=O) groups excluding carboxylic acids is 2. The number of esters is 1. The predicted molar refractivity (Wildman–Crippen MR) is 52.0 cm³/mol. The molecule has 1 aromatic rings. The van der Waals surface area contributed by atoms with Gasteiger partial charge in [-0.25, -0.2) is 4.98 Å². The summed E-state index contributed by atoms with van der Waals surface area (Å²) >= 11 is 0. The number of hydrogen-bond donors (Lipinski definition) is 1. The largest absolute Gasteiger partial charge is 0.464 e. The minimum absolute atomic E-state index is 0.192. The number of ether oxygens (including phenoxy) is 1. The van der Waals surface area contributed by atoms with Crippen molar-refractivity contribution in [1.29, 1.82) is 0 Å². The minimum Gasteiger partial charge on any atom is -0.464 e. The second kappa shape index (κ2) is 5.74. The van der Waals surface area contributed by atoms with Crippen molar-refractivity contribution < 1.29 is 19.3 Å². The number of carbonyl (C=O) groups is 2. The van der Waals surface area contributed by atoms with Crippen molar-refractivity contribution in [3.63, 3.8) is 0 Å². The summed E-state index contributed by atoms with van der Waals surface area (Å²) in [6.07, 6.45) is 3.32. The summed E-state index contributed by atoms with van der Waals surface area (Å²) in [4.78, 5) is 24.6. The van der Waals surface area contributed by atoms with E-state index in [2.05, 4.69) is 15.0 Å². The van der Waals surface area contributed by atoms with E-state index in [4.69, 9.17) is 0 Å². The molecule has 2 N–H and O–H groups in total. The molecule has 1 amide bonds. The third kappa shape index (κ3) is 4.21. The molecule has 0 aliphatic carbocycles. The van der Waals surface area contributed by atoms with Crippen LogP contribution in [0.2, 0.25) is 0 Å². The molecule has 80 valence electrons. The van der Waals surface area contributed by atoms with Crippen molar-refractivity contribution in [1.82, 2.24) is 5.32 Å². The monoisotopic (exact) mass is 209 g/mol. The molecule has 0 atom stereocenters. The quantitative estimate of drug-likeness (QED) is 0.551. The molecule has 0 aliphatic rings. The first-order chi connectivity index (χ1) is 7.20. The van der Waals surface area contributed by atoms with Gasteiger partial charge in [-0.2, -0.15) is 0 Å². The maximum absolute atomic E-state index is 11.4. The van der Waals surface area contributed by atoms with Crippen LogP contribution in [0, 0.1) is 0 Å². The molecule has 0 radical (unpaired) electrons. The zero-order chi connectivity index (χ0) is 11.1. The fourth-order valence-corrected chi connectivity index (χ4v) is 0.996. The molecule has 0 aliphatic heterocycles. The highest BCUT2D eigenvalue weighted by atomic mass is 16.5. The van der Waals surface area contributed by atoms with Crippen LogP contribution in [0.25, 0.3) is 0 Å². The second-order valence-electron chi connectivity index (χ2n) is 2.89. The van der Waals surface area contributed by atoms with Crippen molar-refractivity contribution in [3.05, 3.63) is 30.1 Å². The molecular formula is C10H13N2O3+. The van der Waals surface area contributed by atoms with Crippen LogP contribution in [0.1, 0.15) is 17.3 Å². The highest BCUT2D eigenvalue weighted by molar-refractivity contribution is 5.93. The topological polar surface area (TPSA) is 69.5 Å². The van der Waals surface area contributed by atoms with Crippen molar-refractivity contribution in [3.8, 4) is 0 Å². The molecule has 1 aromatic heterocycles. The molecule has 0 saturated heterocycles. The van der Waals surface area contributed by atoms with Gasteiger partial charge in [-0.1, -0.05) is 0 Å². The zero-order valence-electron chi connectivity index (χ0n) is 8.45. The van der Waals surface area contributed by atoms with Crippen LogP contribution in [-0.2, 0) is 9.53 Å². The highest BCUT2D eigenvalue weighted by Gasteiger charge is 2.06. The van der Waals surface area contributed by atoms with Gasteiger partial charge >= 0.3 is 5.97 Å². The number of pyridine rings is 1. The standard InChI is InChI=1S/C10H12N2O3/c1-8(13)15-6-5-12-10(14)9-3-2-4-11-7-9/h2-4,7H,5-6H2,1H3,(H,12,14)/p+1. The average Bonchev–Trinajstić information content (AvgIpc) is 2.25. The van der Waals surface area contributed by atoms with Crippen LogP contribution in [0.3, 0.4) is 0 Å². The molecule has 0 unspecified atom stereocenters. The Balaban J connectivity index is 2.28. The van der Waals surface area contributed by atoms with E-state index >= 15 is 0 Å². The molecule has 5 heteroatoms. The third-order valence-corrected chi connectivity index (χ3v) is 1.66. The zero-order valence-corrected chi connectivity index (χ0v) is 8.45. The van der Waals surface area contributed by atoms with Gasteiger partial charge in [-0.3, -0.25) is 9.59 Å². The number of amides is 1. The van der Waals surface area contributed by atoms with Gasteiger partial charge in [0.15, 0.2) is 12.4 Å². The van der Waals surface area contributed by atoms with Crippen molar-refractivity contribution in [2.24, 2.45) is 0 Å². The molecule has 0 aromatic carbocycles. The lowest BCUT2D eigenvalue weighted by Crippen LogP contribution is -2.28. The van der Waals surface area contributed by atoms with Gasteiger partial charge in [0.2, 0.25) is 0 Å². The summed E-state index contributed by atoms with van der Waals surface area (Å²) in [6.45, 7) is 1.83. The second-order valence-corrected chi connectivity index (χ2v) is 2.89. The van der Waals surface area contributed by atoms with Crippen molar-refractivity contribution in [2.75, 3.05) is 13.2 Å². The Morgan fingerprint density at radius 1 is 1.53 bits per heavy atom. The summed E-state index contributed by atoms with van der Waals surface area (Å²) in [7, 11) is 0. The molecule has 0 spiro atoms. The van der Waals surface area contributed by atoms with Gasteiger partial charge in [0, 0.05) is 13.0 Å². The summed E-state index contributed by atoms with van der Waals surface area (Å²) in [5.74, 6) is -0.545. The van der Waals surface area contributed by atoms with Gasteiger partial charge in [0.25, 0.3) is 5.91 Å². The summed E-state index contributed by atoms with van der Waals surface area (Å²) in [6, 6.07) is 3.43. The maximum atomic E-state index is 11.4. The van der Waals surface area contributed by atoms with Crippen LogP contribution in [0.4, 0.5) is 0 Å². The Morgan fingerprint density at radius 3 is 2.93 bits per heavy atom. The first kappa shape index (κ1) is 11.2. The van der Waals surface area contributed by atoms with E-state index in [0.29, 0.717) is 12.1 Å². The molecule has 0 bridgehead atoms. The van der Waals surface area contributed by atoms with E-state index in [0.717, 1.165) is 0 Å². The van der Waals surface area contributed by atoms with Crippen LogP contribution in [-0.4, -0.2) is 25.0 Å². The molecule has 15 heavy (non-hydrogen) atoms. The number of aromatic nitrogens is 1. The number of hydrogen-bond acceptors (Lipinski definition) is 3. The summed E-state index contributed by atoms with van der Waals surface area (Å²) in [5, 5.41) is 2.62. The lowest BCUT2D eigenvalue weighted by Gasteiger charge is -2.03. The molecule has 1 rings (SSSR count). The number of aromatic amines is 1. The van der Waals surface area contributed by atoms with E-state index in [1.165, 1.54) is 6.92 Å². The van der Waals surface area contributed by atoms with Gasteiger partial charge in [0.05, 0.1) is 6.54 Å². The SMILES string of the molecule is CC(=O)OCCNC(=O)c1ccc[nH+]c1. The van der Waals surface area contributed by atoms with Crippen LogP contribution >= 0.6 is 0 Å². The Hall–Kier alpha value is -1.91. The van der Waals surface area contributed by atoms with Crippen LogP contribution in [0.5, 0.6) is 0 Å². The highest BCUT2D eigenvalue weighted by Crippen LogP contribution is 1.91. The van der Waals surface area contributed by atoms with Gasteiger partial charge in [-0.15, -0.1) is 0 Å². The van der Waals surface area contributed by atoms with E-state index < -0.39 is 0 Å². The fraction of sp³-hybridized carbons (Fsp3) is 0.300. The average molecular weight is 209 g/mol.